The van der Waals surface area contributed by atoms with Crippen LogP contribution in [0.2, 0.25) is 0 Å². The number of allylic oxidation sites excluding steroid dienone is 2. The van der Waals surface area contributed by atoms with E-state index in [2.05, 4.69) is 39.3 Å². The SMILES string of the molecule is C=C1N=CC(C(C)C)=C1C(C)C. The monoisotopic (exact) mass is 163 g/mol. The summed E-state index contributed by atoms with van der Waals surface area (Å²) in [5.74, 6) is 1.10. The highest BCUT2D eigenvalue weighted by atomic mass is 14.8. The highest BCUT2D eigenvalue weighted by Gasteiger charge is 2.18. The fraction of sp³-hybridized carbons (Fsp3) is 0.545. The van der Waals surface area contributed by atoms with Crippen LogP contribution >= 0.6 is 0 Å². The molecule has 0 spiro atoms. The summed E-state index contributed by atoms with van der Waals surface area (Å²) >= 11 is 0. The number of aliphatic imine (C=N–C) groups is 1. The third-order valence-electron chi connectivity index (χ3n) is 2.18. The average molecular weight is 163 g/mol. The average Bonchev–Trinajstić information content (AvgIpc) is 2.30. The molecule has 0 aromatic rings. The maximum Gasteiger partial charge on any atom is 0.0595 e. The van der Waals surface area contributed by atoms with Crippen molar-refractivity contribution in [3.05, 3.63) is 23.4 Å². The minimum absolute atomic E-state index is 0.539. The van der Waals surface area contributed by atoms with Gasteiger partial charge in [0.25, 0.3) is 0 Å². The summed E-state index contributed by atoms with van der Waals surface area (Å²) in [6.45, 7) is 12.7. The van der Waals surface area contributed by atoms with Gasteiger partial charge in [0.1, 0.15) is 0 Å². The number of hydrogen-bond donors (Lipinski definition) is 0. The summed E-state index contributed by atoms with van der Waals surface area (Å²) in [6.07, 6.45) is 1.96. The molecule has 0 N–H and O–H groups in total. The second-order valence-electron chi connectivity index (χ2n) is 3.88. The van der Waals surface area contributed by atoms with Gasteiger partial charge in [-0.15, -0.1) is 0 Å². The standard InChI is InChI=1S/C11H17N/c1-7(2)10-6-12-9(5)11(10)8(3)4/h6-8H,5H2,1-4H3. The first kappa shape index (κ1) is 9.24. The van der Waals surface area contributed by atoms with Crippen molar-refractivity contribution >= 4 is 6.21 Å². The lowest BCUT2D eigenvalue weighted by Crippen LogP contribution is -2.02. The van der Waals surface area contributed by atoms with Gasteiger partial charge in [0, 0.05) is 6.21 Å². The highest BCUT2D eigenvalue weighted by Crippen LogP contribution is 2.30. The Morgan fingerprint density at radius 1 is 1.17 bits per heavy atom. The van der Waals surface area contributed by atoms with E-state index in [0.717, 1.165) is 5.70 Å². The molecule has 1 nitrogen and oxygen atoms in total. The van der Waals surface area contributed by atoms with Gasteiger partial charge in [-0.2, -0.15) is 0 Å². The Hall–Kier alpha value is -0.850. The summed E-state index contributed by atoms with van der Waals surface area (Å²) in [7, 11) is 0. The van der Waals surface area contributed by atoms with Crippen molar-refractivity contribution in [1.29, 1.82) is 0 Å². The minimum atomic E-state index is 0.539. The molecule has 0 unspecified atom stereocenters. The highest BCUT2D eigenvalue weighted by molar-refractivity contribution is 5.86. The summed E-state index contributed by atoms with van der Waals surface area (Å²) in [5.41, 5.74) is 3.65. The second kappa shape index (κ2) is 3.26. The lowest BCUT2D eigenvalue weighted by Gasteiger charge is -2.12. The molecule has 0 radical (unpaired) electrons. The van der Waals surface area contributed by atoms with E-state index >= 15 is 0 Å². The smallest absolute Gasteiger partial charge is 0.0595 e. The van der Waals surface area contributed by atoms with E-state index in [9.17, 15) is 0 Å². The number of hydrogen-bond acceptors (Lipinski definition) is 1. The van der Waals surface area contributed by atoms with Crippen LogP contribution in [-0.4, -0.2) is 6.21 Å². The molecule has 0 aromatic carbocycles. The zero-order valence-electron chi connectivity index (χ0n) is 8.39. The molecule has 0 aromatic heterocycles. The lowest BCUT2D eigenvalue weighted by atomic mass is 9.91. The molecule has 1 heteroatoms. The van der Waals surface area contributed by atoms with Gasteiger partial charge in [-0.3, -0.25) is 4.99 Å². The van der Waals surface area contributed by atoms with E-state index in [1.807, 2.05) is 6.21 Å². The Morgan fingerprint density at radius 2 is 1.75 bits per heavy atom. The van der Waals surface area contributed by atoms with Gasteiger partial charge in [-0.25, -0.2) is 0 Å². The van der Waals surface area contributed by atoms with Gasteiger partial charge in [0.05, 0.1) is 5.70 Å². The van der Waals surface area contributed by atoms with Crippen molar-refractivity contribution in [2.24, 2.45) is 16.8 Å². The van der Waals surface area contributed by atoms with E-state index in [1.165, 1.54) is 11.1 Å². The first-order valence-corrected chi connectivity index (χ1v) is 4.51. The summed E-state index contributed by atoms with van der Waals surface area (Å²) < 4.78 is 0. The van der Waals surface area contributed by atoms with Crippen LogP contribution < -0.4 is 0 Å². The molecule has 0 saturated carbocycles. The quantitative estimate of drug-likeness (QED) is 0.593. The normalized spacial score (nSPS) is 17.3. The van der Waals surface area contributed by atoms with Gasteiger partial charge in [-0.05, 0) is 23.0 Å². The predicted octanol–water partition coefficient (Wildman–Crippen LogP) is 3.19. The lowest BCUT2D eigenvalue weighted by molar-refractivity contribution is 0.730. The topological polar surface area (TPSA) is 12.4 Å². The first-order chi connectivity index (χ1) is 5.54. The fourth-order valence-corrected chi connectivity index (χ4v) is 1.58. The van der Waals surface area contributed by atoms with Crippen molar-refractivity contribution in [2.45, 2.75) is 27.7 Å². The predicted molar refractivity (Wildman–Crippen MR) is 54.3 cm³/mol. The summed E-state index contributed by atoms with van der Waals surface area (Å²) in [6, 6.07) is 0. The molecule has 12 heavy (non-hydrogen) atoms. The van der Waals surface area contributed by atoms with Crippen molar-refractivity contribution in [3.8, 4) is 0 Å². The molecule has 1 aliphatic heterocycles. The fourth-order valence-electron chi connectivity index (χ4n) is 1.58. The van der Waals surface area contributed by atoms with Crippen molar-refractivity contribution in [2.75, 3.05) is 0 Å². The van der Waals surface area contributed by atoms with Crippen LogP contribution in [0.15, 0.2) is 28.4 Å². The zero-order valence-corrected chi connectivity index (χ0v) is 8.39. The van der Waals surface area contributed by atoms with Crippen molar-refractivity contribution in [3.63, 3.8) is 0 Å². The van der Waals surface area contributed by atoms with E-state index in [4.69, 9.17) is 0 Å². The van der Waals surface area contributed by atoms with Crippen LogP contribution in [0.4, 0.5) is 0 Å². The minimum Gasteiger partial charge on any atom is -0.257 e. The Labute approximate surface area is 74.9 Å². The van der Waals surface area contributed by atoms with E-state index in [0.29, 0.717) is 11.8 Å². The van der Waals surface area contributed by atoms with Gasteiger partial charge in [-0.1, -0.05) is 34.3 Å². The van der Waals surface area contributed by atoms with Crippen molar-refractivity contribution in [1.82, 2.24) is 0 Å². The number of nitrogens with zero attached hydrogens (tertiary/aromatic N) is 1. The molecular formula is C11H17N. The van der Waals surface area contributed by atoms with Crippen molar-refractivity contribution < 1.29 is 0 Å². The molecule has 1 aliphatic rings. The maximum atomic E-state index is 4.25. The third kappa shape index (κ3) is 1.50. The van der Waals surface area contributed by atoms with Gasteiger partial charge < -0.3 is 0 Å². The summed E-state index contributed by atoms with van der Waals surface area (Å²) in [5, 5.41) is 0. The summed E-state index contributed by atoms with van der Waals surface area (Å²) in [4.78, 5) is 4.25. The molecule has 0 aliphatic carbocycles. The molecule has 1 heterocycles. The maximum absolute atomic E-state index is 4.25. The molecule has 0 saturated heterocycles. The Kier molecular flexibility index (Phi) is 2.51. The Bertz CT molecular complexity index is 244. The van der Waals surface area contributed by atoms with Gasteiger partial charge >= 0.3 is 0 Å². The molecule has 1 rings (SSSR count). The number of rotatable bonds is 2. The van der Waals surface area contributed by atoms with E-state index in [-0.39, 0.29) is 0 Å². The van der Waals surface area contributed by atoms with Crippen LogP contribution in [-0.2, 0) is 0 Å². The van der Waals surface area contributed by atoms with Gasteiger partial charge in [0.2, 0.25) is 0 Å². The molecular weight excluding hydrogens is 146 g/mol. The molecule has 0 bridgehead atoms. The zero-order chi connectivity index (χ0) is 9.30. The molecule has 0 amide bonds. The van der Waals surface area contributed by atoms with Gasteiger partial charge in [0.15, 0.2) is 0 Å². The molecule has 66 valence electrons. The Morgan fingerprint density at radius 3 is 2.08 bits per heavy atom. The molecule has 0 fully saturated rings. The van der Waals surface area contributed by atoms with Crippen LogP contribution in [0.5, 0.6) is 0 Å². The second-order valence-corrected chi connectivity index (χ2v) is 3.88. The third-order valence-corrected chi connectivity index (χ3v) is 2.18. The largest absolute Gasteiger partial charge is 0.257 e. The van der Waals surface area contributed by atoms with Crippen LogP contribution in [0.25, 0.3) is 0 Å². The van der Waals surface area contributed by atoms with Crippen LogP contribution in [0, 0.1) is 11.8 Å². The Balaban J connectivity index is 3.05. The van der Waals surface area contributed by atoms with E-state index in [1.54, 1.807) is 0 Å². The van der Waals surface area contributed by atoms with Crippen LogP contribution in [0.3, 0.4) is 0 Å². The van der Waals surface area contributed by atoms with E-state index < -0.39 is 0 Å². The first-order valence-electron chi connectivity index (χ1n) is 4.51. The van der Waals surface area contributed by atoms with Crippen LogP contribution in [0.1, 0.15) is 27.7 Å². The molecule has 0 atom stereocenters.